The van der Waals surface area contributed by atoms with Crippen LogP contribution in [0, 0.1) is 11.3 Å². The van der Waals surface area contributed by atoms with Crippen LogP contribution in [0.5, 0.6) is 11.5 Å². The molecule has 0 saturated carbocycles. The molecule has 118 valence electrons. The molecular weight excluding hydrogens is 290 g/mol. The SMILES string of the molecule is CCCN(C[C@H]1COc2ccccc2O1)c1ccc(C#N)cn1. The Labute approximate surface area is 136 Å². The summed E-state index contributed by atoms with van der Waals surface area (Å²) in [5.41, 5.74) is 0.566. The number of para-hydroxylation sites is 2. The second-order valence-corrected chi connectivity index (χ2v) is 5.46. The molecular formula is C18H19N3O2. The Balaban J connectivity index is 1.71. The molecule has 0 amide bonds. The van der Waals surface area contributed by atoms with Gasteiger partial charge in [0.05, 0.1) is 12.1 Å². The number of hydrogen-bond acceptors (Lipinski definition) is 5. The maximum absolute atomic E-state index is 8.88. The van der Waals surface area contributed by atoms with Gasteiger partial charge in [-0.3, -0.25) is 0 Å². The van der Waals surface area contributed by atoms with Crippen LogP contribution >= 0.6 is 0 Å². The highest BCUT2D eigenvalue weighted by molar-refractivity contribution is 5.43. The van der Waals surface area contributed by atoms with Crippen molar-refractivity contribution in [3.05, 3.63) is 48.2 Å². The first-order chi connectivity index (χ1) is 11.3. The van der Waals surface area contributed by atoms with Crippen molar-refractivity contribution in [2.45, 2.75) is 19.4 Å². The van der Waals surface area contributed by atoms with Crippen LogP contribution < -0.4 is 14.4 Å². The first-order valence-corrected chi connectivity index (χ1v) is 7.79. The van der Waals surface area contributed by atoms with Crippen LogP contribution in [0.3, 0.4) is 0 Å². The van der Waals surface area contributed by atoms with E-state index in [0.717, 1.165) is 30.3 Å². The van der Waals surface area contributed by atoms with E-state index in [2.05, 4.69) is 22.9 Å². The minimum absolute atomic E-state index is 0.0473. The molecule has 0 radical (unpaired) electrons. The van der Waals surface area contributed by atoms with Crippen LogP contribution in [0.2, 0.25) is 0 Å². The number of pyridine rings is 1. The Bertz CT molecular complexity index is 694. The predicted octanol–water partition coefficient (Wildman–Crippen LogP) is 3.01. The van der Waals surface area contributed by atoms with E-state index in [0.29, 0.717) is 18.7 Å². The third kappa shape index (κ3) is 3.54. The first kappa shape index (κ1) is 15.2. The van der Waals surface area contributed by atoms with Gasteiger partial charge >= 0.3 is 0 Å². The van der Waals surface area contributed by atoms with Crippen LogP contribution in [-0.2, 0) is 0 Å². The van der Waals surface area contributed by atoms with E-state index in [1.54, 1.807) is 12.3 Å². The Kier molecular flexibility index (Phi) is 4.62. The fourth-order valence-electron chi connectivity index (χ4n) is 2.61. The third-order valence-corrected chi connectivity index (χ3v) is 3.69. The lowest BCUT2D eigenvalue weighted by Gasteiger charge is -2.31. The van der Waals surface area contributed by atoms with E-state index in [4.69, 9.17) is 14.7 Å². The van der Waals surface area contributed by atoms with Crippen LogP contribution in [0.15, 0.2) is 42.6 Å². The van der Waals surface area contributed by atoms with Gasteiger partial charge in [-0.2, -0.15) is 5.26 Å². The van der Waals surface area contributed by atoms with Gasteiger partial charge in [-0.25, -0.2) is 4.98 Å². The Morgan fingerprint density at radius 2 is 2.09 bits per heavy atom. The Hall–Kier alpha value is -2.74. The van der Waals surface area contributed by atoms with Crippen molar-refractivity contribution in [1.29, 1.82) is 5.26 Å². The molecule has 2 heterocycles. The fourth-order valence-corrected chi connectivity index (χ4v) is 2.61. The van der Waals surface area contributed by atoms with E-state index in [1.165, 1.54) is 0 Å². The summed E-state index contributed by atoms with van der Waals surface area (Å²) >= 11 is 0. The lowest BCUT2D eigenvalue weighted by molar-refractivity contribution is 0.0951. The van der Waals surface area contributed by atoms with Crippen LogP contribution in [0.25, 0.3) is 0 Å². The average molecular weight is 309 g/mol. The molecule has 1 aliphatic rings. The van der Waals surface area contributed by atoms with Crippen molar-refractivity contribution in [3.63, 3.8) is 0 Å². The molecule has 5 nitrogen and oxygen atoms in total. The summed E-state index contributed by atoms with van der Waals surface area (Å²) in [6.45, 7) is 4.22. The lowest BCUT2D eigenvalue weighted by Crippen LogP contribution is -2.41. The van der Waals surface area contributed by atoms with Crippen LogP contribution in [0.4, 0.5) is 5.82 Å². The highest BCUT2D eigenvalue weighted by Crippen LogP contribution is 2.31. The molecule has 1 aromatic heterocycles. The lowest BCUT2D eigenvalue weighted by atomic mass is 10.2. The molecule has 1 aliphatic heterocycles. The van der Waals surface area contributed by atoms with Crippen molar-refractivity contribution in [1.82, 2.24) is 4.98 Å². The van der Waals surface area contributed by atoms with Crippen molar-refractivity contribution >= 4 is 5.82 Å². The molecule has 0 aliphatic carbocycles. The summed E-state index contributed by atoms with van der Waals surface area (Å²) in [5, 5.41) is 8.88. The zero-order chi connectivity index (χ0) is 16.1. The topological polar surface area (TPSA) is 58.4 Å². The molecule has 2 aromatic rings. The van der Waals surface area contributed by atoms with E-state index in [1.807, 2.05) is 30.3 Å². The number of benzene rings is 1. The number of hydrogen-bond donors (Lipinski definition) is 0. The van der Waals surface area contributed by atoms with Gasteiger partial charge in [0.15, 0.2) is 17.6 Å². The maximum atomic E-state index is 8.88. The molecule has 1 aromatic carbocycles. The Morgan fingerprint density at radius 1 is 1.26 bits per heavy atom. The summed E-state index contributed by atoms with van der Waals surface area (Å²) in [4.78, 5) is 6.56. The van der Waals surface area contributed by atoms with E-state index >= 15 is 0 Å². The van der Waals surface area contributed by atoms with E-state index in [-0.39, 0.29) is 6.10 Å². The van der Waals surface area contributed by atoms with Crippen molar-refractivity contribution in [2.75, 3.05) is 24.6 Å². The number of ether oxygens (including phenoxy) is 2. The summed E-state index contributed by atoms with van der Waals surface area (Å²) in [7, 11) is 0. The molecule has 0 fully saturated rings. The van der Waals surface area contributed by atoms with Gasteiger partial charge in [-0.05, 0) is 30.7 Å². The third-order valence-electron chi connectivity index (χ3n) is 3.69. The predicted molar refractivity (Wildman–Crippen MR) is 87.8 cm³/mol. The van der Waals surface area contributed by atoms with Gasteiger partial charge in [-0.15, -0.1) is 0 Å². The summed E-state index contributed by atoms with van der Waals surface area (Å²) in [6, 6.07) is 13.5. The molecule has 1 atom stereocenters. The molecule has 5 heteroatoms. The summed E-state index contributed by atoms with van der Waals surface area (Å²) in [6.07, 6.45) is 2.56. The minimum atomic E-state index is -0.0473. The van der Waals surface area contributed by atoms with Crippen LogP contribution in [-0.4, -0.2) is 30.8 Å². The molecule has 0 bridgehead atoms. The quantitative estimate of drug-likeness (QED) is 0.849. The first-order valence-electron chi connectivity index (χ1n) is 7.79. The van der Waals surface area contributed by atoms with E-state index in [9.17, 15) is 0 Å². The second-order valence-electron chi connectivity index (χ2n) is 5.46. The smallest absolute Gasteiger partial charge is 0.161 e. The van der Waals surface area contributed by atoms with Gasteiger partial charge in [-0.1, -0.05) is 19.1 Å². The summed E-state index contributed by atoms with van der Waals surface area (Å²) < 4.78 is 11.8. The van der Waals surface area contributed by atoms with Gasteiger partial charge in [0.25, 0.3) is 0 Å². The molecule has 0 unspecified atom stereocenters. The number of aromatic nitrogens is 1. The fraction of sp³-hybridized carbons (Fsp3) is 0.333. The number of anilines is 1. The largest absolute Gasteiger partial charge is 0.486 e. The van der Waals surface area contributed by atoms with Crippen molar-refractivity contribution in [2.24, 2.45) is 0 Å². The number of nitriles is 1. The maximum Gasteiger partial charge on any atom is 0.161 e. The molecule has 0 saturated heterocycles. The van der Waals surface area contributed by atoms with Gasteiger partial charge in [0.2, 0.25) is 0 Å². The zero-order valence-corrected chi connectivity index (χ0v) is 13.1. The normalized spacial score (nSPS) is 15.7. The highest BCUT2D eigenvalue weighted by Gasteiger charge is 2.23. The van der Waals surface area contributed by atoms with Gasteiger partial charge < -0.3 is 14.4 Å². The Morgan fingerprint density at radius 3 is 2.78 bits per heavy atom. The molecule has 0 spiro atoms. The molecule has 0 N–H and O–H groups in total. The monoisotopic (exact) mass is 309 g/mol. The van der Waals surface area contributed by atoms with Crippen molar-refractivity contribution < 1.29 is 9.47 Å². The van der Waals surface area contributed by atoms with E-state index < -0.39 is 0 Å². The standard InChI is InChI=1S/C18H19N3O2/c1-2-9-21(18-8-7-14(10-19)11-20-18)12-15-13-22-16-5-3-4-6-17(16)23-15/h3-8,11,15H,2,9,12-13H2,1H3/t15-/m0/s1. The zero-order valence-electron chi connectivity index (χ0n) is 13.1. The van der Waals surface area contributed by atoms with Gasteiger partial charge in [0, 0.05) is 12.7 Å². The van der Waals surface area contributed by atoms with Gasteiger partial charge in [0.1, 0.15) is 18.5 Å². The molecule has 23 heavy (non-hydrogen) atoms. The number of nitrogens with zero attached hydrogens (tertiary/aromatic N) is 3. The van der Waals surface area contributed by atoms with Crippen LogP contribution in [0.1, 0.15) is 18.9 Å². The van der Waals surface area contributed by atoms with Crippen molar-refractivity contribution in [3.8, 4) is 17.6 Å². The second kappa shape index (κ2) is 7.01. The minimum Gasteiger partial charge on any atom is -0.486 e. The molecule has 3 rings (SSSR count). The number of fused-ring (bicyclic) bond motifs is 1. The highest BCUT2D eigenvalue weighted by atomic mass is 16.6. The average Bonchev–Trinajstić information content (AvgIpc) is 2.61. The number of rotatable bonds is 5. The summed E-state index contributed by atoms with van der Waals surface area (Å²) in [5.74, 6) is 2.43.